The van der Waals surface area contributed by atoms with E-state index < -0.39 is 11.7 Å². The van der Waals surface area contributed by atoms with Crippen LogP contribution in [-0.2, 0) is 6.54 Å². The molecule has 5 nitrogen and oxygen atoms in total. The molecular formula is C21H21FN4O. The molecule has 0 saturated heterocycles. The van der Waals surface area contributed by atoms with E-state index in [1.807, 2.05) is 30.3 Å². The lowest BCUT2D eigenvalue weighted by Gasteiger charge is -2.28. The molecule has 1 aromatic heterocycles. The minimum Gasteiger partial charge on any atom is -0.350 e. The first kappa shape index (κ1) is 18.5. The first-order valence-electron chi connectivity index (χ1n) is 8.72. The molecule has 0 aliphatic carbocycles. The van der Waals surface area contributed by atoms with Crippen LogP contribution in [0.25, 0.3) is 0 Å². The summed E-state index contributed by atoms with van der Waals surface area (Å²) < 4.78 is 13.3. The zero-order valence-corrected chi connectivity index (χ0v) is 15.3. The van der Waals surface area contributed by atoms with E-state index in [4.69, 9.17) is 0 Å². The Hall–Kier alpha value is -3.28. The predicted molar refractivity (Wildman–Crippen MR) is 104 cm³/mol. The van der Waals surface area contributed by atoms with E-state index in [0.29, 0.717) is 18.1 Å². The quantitative estimate of drug-likeness (QED) is 0.709. The van der Waals surface area contributed by atoms with Crippen LogP contribution in [0.4, 0.5) is 15.9 Å². The third-order valence-corrected chi connectivity index (χ3v) is 4.08. The summed E-state index contributed by atoms with van der Waals surface area (Å²) in [6.45, 7) is 4.80. The van der Waals surface area contributed by atoms with Crippen molar-refractivity contribution < 1.29 is 9.18 Å². The molecule has 0 atom stereocenters. The molecule has 27 heavy (non-hydrogen) atoms. The zero-order chi connectivity index (χ0) is 19.2. The van der Waals surface area contributed by atoms with Crippen molar-refractivity contribution in [3.63, 3.8) is 0 Å². The first-order chi connectivity index (χ1) is 13.0. The number of nitrogens with zero attached hydrogens (tertiary/aromatic N) is 3. The van der Waals surface area contributed by atoms with E-state index in [2.05, 4.69) is 34.0 Å². The monoisotopic (exact) mass is 364 g/mol. The Labute approximate surface area is 157 Å². The molecule has 1 N–H and O–H groups in total. The molecule has 3 rings (SSSR count). The van der Waals surface area contributed by atoms with E-state index in [1.165, 1.54) is 24.5 Å². The molecule has 0 radical (unpaired) electrons. The van der Waals surface area contributed by atoms with Crippen molar-refractivity contribution in [1.29, 1.82) is 0 Å². The Morgan fingerprint density at radius 2 is 1.85 bits per heavy atom. The van der Waals surface area contributed by atoms with E-state index in [-0.39, 0.29) is 11.7 Å². The van der Waals surface area contributed by atoms with Gasteiger partial charge in [-0.15, -0.1) is 0 Å². The smallest absolute Gasteiger partial charge is 0.274 e. The molecule has 0 saturated carbocycles. The third-order valence-electron chi connectivity index (χ3n) is 4.08. The number of carbonyl (C=O) groups is 1. The molecule has 6 heteroatoms. The van der Waals surface area contributed by atoms with Crippen molar-refractivity contribution in [3.05, 3.63) is 84.1 Å². The normalized spacial score (nSPS) is 10.7. The maximum atomic E-state index is 13.3. The van der Waals surface area contributed by atoms with E-state index >= 15 is 0 Å². The Morgan fingerprint density at radius 1 is 1.07 bits per heavy atom. The van der Waals surface area contributed by atoms with Crippen LogP contribution < -0.4 is 10.2 Å². The number of benzene rings is 2. The fraction of sp³-hybridized carbons (Fsp3) is 0.190. The maximum Gasteiger partial charge on any atom is 0.274 e. The first-order valence-corrected chi connectivity index (χ1v) is 8.72. The number of halogens is 1. The van der Waals surface area contributed by atoms with Crippen molar-refractivity contribution in [2.24, 2.45) is 0 Å². The van der Waals surface area contributed by atoms with Gasteiger partial charge in [0.15, 0.2) is 0 Å². The molecule has 138 valence electrons. The number of amides is 1. The number of carbonyl (C=O) groups excluding carboxylic acids is 1. The largest absolute Gasteiger partial charge is 0.350 e. The SMILES string of the molecule is CC(C)N(Cc1ccccc1)c1cc(C(=O)Nc2cccc(F)c2)ncn1. The molecule has 0 spiro atoms. The van der Waals surface area contributed by atoms with E-state index in [9.17, 15) is 9.18 Å². The summed E-state index contributed by atoms with van der Waals surface area (Å²) in [6.07, 6.45) is 1.37. The van der Waals surface area contributed by atoms with Crippen molar-refractivity contribution in [1.82, 2.24) is 9.97 Å². The van der Waals surface area contributed by atoms with Crippen molar-refractivity contribution in [3.8, 4) is 0 Å². The molecule has 0 unspecified atom stereocenters. The van der Waals surface area contributed by atoms with Gasteiger partial charge in [0.25, 0.3) is 5.91 Å². The second-order valence-corrected chi connectivity index (χ2v) is 6.43. The van der Waals surface area contributed by atoms with E-state index in [1.54, 1.807) is 12.1 Å². The minimum absolute atomic E-state index is 0.180. The van der Waals surface area contributed by atoms with Crippen LogP contribution in [0.2, 0.25) is 0 Å². The van der Waals surface area contributed by atoms with Gasteiger partial charge in [0, 0.05) is 24.3 Å². The lowest BCUT2D eigenvalue weighted by atomic mass is 10.2. The number of anilines is 2. The summed E-state index contributed by atoms with van der Waals surface area (Å²) in [7, 11) is 0. The number of nitrogens with one attached hydrogen (secondary N) is 1. The van der Waals surface area contributed by atoms with Crippen LogP contribution in [0.5, 0.6) is 0 Å². The highest BCUT2D eigenvalue weighted by molar-refractivity contribution is 6.03. The molecule has 0 aliphatic heterocycles. The summed E-state index contributed by atoms with van der Waals surface area (Å²) in [4.78, 5) is 23.0. The van der Waals surface area contributed by atoms with Gasteiger partial charge in [0.2, 0.25) is 0 Å². The second kappa shape index (κ2) is 8.40. The van der Waals surface area contributed by atoms with Crippen molar-refractivity contribution in [2.75, 3.05) is 10.2 Å². The van der Waals surface area contributed by atoms with Gasteiger partial charge >= 0.3 is 0 Å². The molecule has 1 amide bonds. The fourth-order valence-electron chi connectivity index (χ4n) is 2.70. The van der Waals surface area contributed by atoms with Crippen LogP contribution in [-0.4, -0.2) is 21.9 Å². The molecule has 0 aliphatic rings. The molecule has 0 fully saturated rings. The minimum atomic E-state index is -0.412. The van der Waals surface area contributed by atoms with Crippen LogP contribution in [0.1, 0.15) is 29.9 Å². The second-order valence-electron chi connectivity index (χ2n) is 6.43. The highest BCUT2D eigenvalue weighted by atomic mass is 19.1. The van der Waals surface area contributed by atoms with Gasteiger partial charge in [-0.2, -0.15) is 0 Å². The van der Waals surface area contributed by atoms with Gasteiger partial charge in [-0.25, -0.2) is 14.4 Å². The summed E-state index contributed by atoms with van der Waals surface area (Å²) >= 11 is 0. The van der Waals surface area contributed by atoms with Gasteiger partial charge in [0.05, 0.1) is 0 Å². The predicted octanol–water partition coefficient (Wildman–Crippen LogP) is 4.28. The van der Waals surface area contributed by atoms with Crippen LogP contribution in [0, 0.1) is 5.82 Å². The Bertz CT molecular complexity index is 915. The lowest BCUT2D eigenvalue weighted by Crippen LogP contribution is -2.31. The van der Waals surface area contributed by atoms with Crippen LogP contribution >= 0.6 is 0 Å². The molecule has 0 bridgehead atoms. The maximum absolute atomic E-state index is 13.3. The highest BCUT2D eigenvalue weighted by Crippen LogP contribution is 2.19. The average Bonchev–Trinajstić information content (AvgIpc) is 2.67. The van der Waals surface area contributed by atoms with Gasteiger partial charge in [-0.1, -0.05) is 36.4 Å². The number of hydrogen-bond acceptors (Lipinski definition) is 4. The molecule has 2 aromatic carbocycles. The zero-order valence-electron chi connectivity index (χ0n) is 15.3. The Balaban J connectivity index is 1.81. The third kappa shape index (κ3) is 4.88. The topological polar surface area (TPSA) is 58.1 Å². The standard InChI is InChI=1S/C21H21FN4O/c1-15(2)26(13-16-7-4-3-5-8-16)20-12-19(23-14-24-20)21(27)25-18-10-6-9-17(22)11-18/h3-12,14-15H,13H2,1-2H3,(H,25,27). The number of rotatable bonds is 6. The molecule has 1 heterocycles. The Kier molecular flexibility index (Phi) is 5.76. The Morgan fingerprint density at radius 3 is 2.56 bits per heavy atom. The molecule has 3 aromatic rings. The van der Waals surface area contributed by atoms with Crippen molar-refractivity contribution >= 4 is 17.4 Å². The summed E-state index contributed by atoms with van der Waals surface area (Å²) in [5, 5.41) is 2.66. The average molecular weight is 364 g/mol. The fourth-order valence-corrected chi connectivity index (χ4v) is 2.70. The lowest BCUT2D eigenvalue weighted by molar-refractivity contribution is 0.102. The van der Waals surface area contributed by atoms with E-state index in [0.717, 1.165) is 5.56 Å². The van der Waals surface area contributed by atoms with Crippen LogP contribution in [0.15, 0.2) is 67.0 Å². The van der Waals surface area contributed by atoms with Crippen LogP contribution in [0.3, 0.4) is 0 Å². The summed E-state index contributed by atoms with van der Waals surface area (Å²) in [5.41, 5.74) is 1.75. The molecular weight excluding hydrogens is 343 g/mol. The number of hydrogen-bond donors (Lipinski definition) is 1. The van der Waals surface area contributed by atoms with Gasteiger partial charge < -0.3 is 10.2 Å². The summed E-state index contributed by atoms with van der Waals surface area (Å²) in [5.74, 6) is -0.161. The van der Waals surface area contributed by atoms with Gasteiger partial charge in [-0.3, -0.25) is 4.79 Å². The highest BCUT2D eigenvalue weighted by Gasteiger charge is 2.16. The summed E-state index contributed by atoms with van der Waals surface area (Å²) in [6, 6.07) is 17.6. The van der Waals surface area contributed by atoms with Gasteiger partial charge in [-0.05, 0) is 37.6 Å². The van der Waals surface area contributed by atoms with Crippen molar-refractivity contribution in [2.45, 2.75) is 26.4 Å². The van der Waals surface area contributed by atoms with Gasteiger partial charge in [0.1, 0.15) is 23.7 Å². The number of aromatic nitrogens is 2.